The Labute approximate surface area is 96.9 Å². The molecule has 0 bridgehead atoms. The Kier molecular flexibility index (Phi) is 4.73. The van der Waals surface area contributed by atoms with Crippen LogP contribution in [-0.4, -0.2) is 46.0 Å². The maximum absolute atomic E-state index is 11.3. The molecule has 2 atom stereocenters. The second-order valence-corrected chi connectivity index (χ2v) is 6.74. The van der Waals surface area contributed by atoms with E-state index in [-0.39, 0.29) is 0 Å². The van der Waals surface area contributed by atoms with E-state index in [0.29, 0.717) is 18.4 Å². The first-order valence-electron chi connectivity index (χ1n) is 5.53. The van der Waals surface area contributed by atoms with Gasteiger partial charge in [0.05, 0.1) is 0 Å². The number of piperidine rings is 1. The number of carbonyl (C=O) groups excluding carboxylic acids is 1. The molecular weight excluding hydrogens is 228 g/mol. The molecule has 0 aromatic heterocycles. The summed E-state index contributed by atoms with van der Waals surface area (Å²) in [7, 11) is -3.21. The van der Waals surface area contributed by atoms with Gasteiger partial charge in [0.25, 0.3) is 0 Å². The molecule has 1 aliphatic heterocycles. The van der Waals surface area contributed by atoms with Crippen molar-refractivity contribution < 1.29 is 13.2 Å². The first kappa shape index (κ1) is 13.4. The summed E-state index contributed by atoms with van der Waals surface area (Å²) in [5.41, 5.74) is 0. The van der Waals surface area contributed by atoms with Crippen molar-refractivity contribution in [1.82, 2.24) is 10.6 Å². The minimum Gasteiger partial charge on any atom is -0.355 e. The summed E-state index contributed by atoms with van der Waals surface area (Å²) in [6.45, 7) is 4.65. The van der Waals surface area contributed by atoms with Crippen LogP contribution < -0.4 is 10.6 Å². The topological polar surface area (TPSA) is 75.3 Å². The molecular formula is C10H20N2O3S. The van der Waals surface area contributed by atoms with Gasteiger partial charge in [-0.3, -0.25) is 4.79 Å². The fourth-order valence-corrected chi connectivity index (χ4v) is 2.48. The largest absolute Gasteiger partial charge is 0.355 e. The van der Waals surface area contributed by atoms with Crippen molar-refractivity contribution in [2.45, 2.75) is 13.3 Å². The van der Waals surface area contributed by atoms with Gasteiger partial charge in [-0.1, -0.05) is 6.92 Å². The molecule has 1 heterocycles. The molecule has 1 rings (SSSR count). The van der Waals surface area contributed by atoms with E-state index < -0.39 is 21.5 Å². The summed E-state index contributed by atoms with van der Waals surface area (Å²) in [6, 6.07) is 0. The first-order chi connectivity index (χ1) is 7.38. The van der Waals surface area contributed by atoms with Crippen molar-refractivity contribution in [2.24, 2.45) is 11.8 Å². The summed E-state index contributed by atoms with van der Waals surface area (Å²) in [6.07, 6.45) is 2.10. The highest BCUT2D eigenvalue weighted by molar-refractivity contribution is 7.91. The van der Waals surface area contributed by atoms with Gasteiger partial charge in [-0.2, -0.15) is 0 Å². The highest BCUT2D eigenvalue weighted by Gasteiger charge is 2.21. The fraction of sp³-hybridized carbons (Fsp3) is 0.900. The van der Waals surface area contributed by atoms with Crippen LogP contribution in [0.4, 0.5) is 0 Å². The lowest BCUT2D eigenvalue weighted by molar-refractivity contribution is -0.118. The highest BCUT2D eigenvalue weighted by Crippen LogP contribution is 2.17. The van der Waals surface area contributed by atoms with Gasteiger partial charge in [0, 0.05) is 12.8 Å². The predicted molar refractivity (Wildman–Crippen MR) is 62.9 cm³/mol. The van der Waals surface area contributed by atoms with Gasteiger partial charge in [0.15, 0.2) is 9.84 Å². The third-order valence-corrected chi connectivity index (χ3v) is 3.70. The Balaban J connectivity index is 2.31. The van der Waals surface area contributed by atoms with Gasteiger partial charge < -0.3 is 10.6 Å². The van der Waals surface area contributed by atoms with E-state index in [9.17, 15) is 13.2 Å². The fourth-order valence-electron chi connectivity index (χ4n) is 1.91. The summed E-state index contributed by atoms with van der Waals surface area (Å²) in [4.78, 5) is 11.3. The van der Waals surface area contributed by atoms with Crippen molar-refractivity contribution in [2.75, 3.05) is 31.6 Å². The molecule has 16 heavy (non-hydrogen) atoms. The van der Waals surface area contributed by atoms with Crippen LogP contribution >= 0.6 is 0 Å². The minimum atomic E-state index is -3.21. The molecule has 1 amide bonds. The van der Waals surface area contributed by atoms with Crippen LogP contribution in [0.1, 0.15) is 13.3 Å². The lowest BCUT2D eigenvalue weighted by atomic mass is 9.88. The number of sulfone groups is 1. The Morgan fingerprint density at radius 2 is 2.19 bits per heavy atom. The summed E-state index contributed by atoms with van der Waals surface area (Å²) >= 11 is 0. The molecule has 2 unspecified atom stereocenters. The average molecular weight is 248 g/mol. The van der Waals surface area contributed by atoms with E-state index in [1.165, 1.54) is 0 Å². The van der Waals surface area contributed by atoms with E-state index >= 15 is 0 Å². The van der Waals surface area contributed by atoms with Gasteiger partial charge >= 0.3 is 0 Å². The number of hydrogen-bond acceptors (Lipinski definition) is 4. The second-order valence-electron chi connectivity index (χ2n) is 4.60. The van der Waals surface area contributed by atoms with Crippen molar-refractivity contribution in [1.29, 1.82) is 0 Å². The van der Waals surface area contributed by atoms with Crippen LogP contribution in [0.2, 0.25) is 0 Å². The van der Waals surface area contributed by atoms with Crippen molar-refractivity contribution in [3.63, 3.8) is 0 Å². The lowest BCUT2D eigenvalue weighted by Gasteiger charge is -2.29. The predicted octanol–water partition coefficient (Wildman–Crippen LogP) is -0.607. The Hall–Kier alpha value is -0.620. The lowest BCUT2D eigenvalue weighted by Crippen LogP contribution is -2.42. The van der Waals surface area contributed by atoms with Gasteiger partial charge in [0.1, 0.15) is 5.75 Å². The molecule has 1 fully saturated rings. The molecule has 0 spiro atoms. The van der Waals surface area contributed by atoms with Crippen LogP contribution in [0.25, 0.3) is 0 Å². The first-order valence-corrected chi connectivity index (χ1v) is 7.59. The number of rotatable bonds is 4. The molecule has 0 radical (unpaired) electrons. The van der Waals surface area contributed by atoms with E-state index in [0.717, 1.165) is 25.8 Å². The highest BCUT2D eigenvalue weighted by atomic mass is 32.2. The zero-order chi connectivity index (χ0) is 12.2. The second kappa shape index (κ2) is 5.63. The number of hydrogen-bond donors (Lipinski definition) is 2. The Morgan fingerprint density at radius 1 is 1.50 bits per heavy atom. The van der Waals surface area contributed by atoms with Crippen molar-refractivity contribution in [3.05, 3.63) is 0 Å². The molecule has 0 saturated carbocycles. The monoisotopic (exact) mass is 248 g/mol. The normalized spacial score (nSPS) is 26.4. The summed E-state index contributed by atoms with van der Waals surface area (Å²) in [5, 5.41) is 5.98. The SMILES string of the molecule is CC1CNCCC1CNC(=O)CS(C)(=O)=O. The molecule has 5 nitrogen and oxygen atoms in total. The van der Waals surface area contributed by atoms with Gasteiger partial charge in [-0.15, -0.1) is 0 Å². The molecule has 94 valence electrons. The van der Waals surface area contributed by atoms with Crippen LogP contribution in [0, 0.1) is 11.8 Å². The van der Waals surface area contributed by atoms with E-state index in [1.54, 1.807) is 0 Å². The molecule has 0 aromatic carbocycles. The van der Waals surface area contributed by atoms with Crippen LogP contribution in [0.5, 0.6) is 0 Å². The molecule has 1 saturated heterocycles. The minimum absolute atomic E-state index is 0.395. The average Bonchev–Trinajstić information content (AvgIpc) is 2.14. The quantitative estimate of drug-likeness (QED) is 0.696. The molecule has 0 aromatic rings. The van der Waals surface area contributed by atoms with Gasteiger partial charge in [-0.05, 0) is 31.3 Å². The Morgan fingerprint density at radius 3 is 2.75 bits per heavy atom. The number of amides is 1. The zero-order valence-electron chi connectivity index (χ0n) is 9.82. The molecule has 6 heteroatoms. The van der Waals surface area contributed by atoms with Gasteiger partial charge in [0.2, 0.25) is 5.91 Å². The maximum atomic E-state index is 11.3. The van der Waals surface area contributed by atoms with E-state index in [1.807, 2.05) is 0 Å². The maximum Gasteiger partial charge on any atom is 0.235 e. The standard InChI is InChI=1S/C10H20N2O3S/c1-8-5-11-4-3-9(8)6-12-10(13)7-16(2,14)15/h8-9,11H,3-7H2,1-2H3,(H,12,13). The van der Waals surface area contributed by atoms with E-state index in [2.05, 4.69) is 17.6 Å². The Bertz CT molecular complexity index is 340. The smallest absolute Gasteiger partial charge is 0.235 e. The third kappa shape index (κ3) is 4.94. The van der Waals surface area contributed by atoms with E-state index in [4.69, 9.17) is 0 Å². The summed E-state index contributed by atoms with van der Waals surface area (Å²) in [5.74, 6) is 0.164. The number of nitrogens with one attached hydrogen (secondary N) is 2. The summed E-state index contributed by atoms with van der Waals surface area (Å²) < 4.78 is 21.8. The van der Waals surface area contributed by atoms with Crippen molar-refractivity contribution >= 4 is 15.7 Å². The zero-order valence-corrected chi connectivity index (χ0v) is 10.6. The molecule has 2 N–H and O–H groups in total. The van der Waals surface area contributed by atoms with Crippen LogP contribution in [0.15, 0.2) is 0 Å². The third-order valence-electron chi connectivity index (χ3n) is 2.92. The molecule has 0 aliphatic carbocycles. The van der Waals surface area contributed by atoms with Crippen LogP contribution in [0.3, 0.4) is 0 Å². The van der Waals surface area contributed by atoms with Crippen molar-refractivity contribution in [3.8, 4) is 0 Å². The van der Waals surface area contributed by atoms with Crippen LogP contribution in [-0.2, 0) is 14.6 Å². The van der Waals surface area contributed by atoms with Gasteiger partial charge in [-0.25, -0.2) is 8.42 Å². The number of carbonyl (C=O) groups is 1. The molecule has 1 aliphatic rings.